The number of rotatable bonds is 2. The number of para-hydroxylation sites is 1. The number of fused-ring (bicyclic) bond motifs is 1. The van der Waals surface area contributed by atoms with Crippen molar-refractivity contribution in [2.45, 2.75) is 24.1 Å². The summed E-state index contributed by atoms with van der Waals surface area (Å²) < 4.78 is 0. The largest absolute Gasteiger partial charge is 0.368 e. The van der Waals surface area contributed by atoms with Crippen LogP contribution in [0.15, 0.2) is 71.6 Å². The van der Waals surface area contributed by atoms with E-state index in [0.717, 1.165) is 0 Å². The Kier molecular flexibility index (Phi) is 3.62. The van der Waals surface area contributed by atoms with E-state index in [-0.39, 0.29) is 0 Å². The van der Waals surface area contributed by atoms with Crippen molar-refractivity contribution in [3.05, 3.63) is 83.4 Å². The van der Waals surface area contributed by atoms with Gasteiger partial charge in [-0.15, -0.1) is 0 Å². The molecule has 3 aromatic carbocycles. The first kappa shape index (κ1) is 14.4. The van der Waals surface area contributed by atoms with E-state index in [1.165, 1.54) is 38.4 Å². The van der Waals surface area contributed by atoms with Crippen LogP contribution in [-0.4, -0.2) is 0 Å². The number of thioether (sulfide) groups is 1. The minimum Gasteiger partial charge on any atom is -0.368 e. The summed E-state index contributed by atoms with van der Waals surface area (Å²) in [6.07, 6.45) is 0. The van der Waals surface area contributed by atoms with Crippen molar-refractivity contribution >= 4 is 17.4 Å². The second kappa shape index (κ2) is 5.78. The average molecular weight is 317 g/mol. The summed E-state index contributed by atoms with van der Waals surface area (Å²) in [6, 6.07) is 23.9. The van der Waals surface area contributed by atoms with Crippen molar-refractivity contribution < 1.29 is 0 Å². The van der Waals surface area contributed by atoms with Crippen LogP contribution in [0.2, 0.25) is 0 Å². The fraction of sp³-hybridized carbons (Fsp3) is 0.143. The van der Waals surface area contributed by atoms with Crippen LogP contribution in [0.3, 0.4) is 0 Å². The van der Waals surface area contributed by atoms with Gasteiger partial charge in [-0.25, -0.2) is 0 Å². The number of hydrogen-bond acceptors (Lipinski definition) is 2. The molecular weight excluding hydrogens is 298 g/mol. The number of hydrogen-bond donors (Lipinski definition) is 1. The number of benzene rings is 3. The lowest BCUT2D eigenvalue weighted by atomic mass is 9.95. The van der Waals surface area contributed by atoms with Gasteiger partial charge < -0.3 is 5.32 Å². The maximum absolute atomic E-state index is 3.61. The van der Waals surface area contributed by atoms with Gasteiger partial charge in [-0.1, -0.05) is 66.4 Å². The van der Waals surface area contributed by atoms with E-state index in [9.17, 15) is 0 Å². The van der Waals surface area contributed by atoms with E-state index in [0.29, 0.717) is 5.37 Å². The van der Waals surface area contributed by atoms with Crippen LogP contribution >= 0.6 is 11.8 Å². The van der Waals surface area contributed by atoms with Gasteiger partial charge in [0, 0.05) is 10.6 Å². The van der Waals surface area contributed by atoms with E-state index in [1.54, 1.807) is 0 Å². The van der Waals surface area contributed by atoms with E-state index >= 15 is 0 Å². The normalized spacial score (nSPS) is 16.0. The van der Waals surface area contributed by atoms with Gasteiger partial charge in [-0.2, -0.15) is 0 Å². The molecule has 1 aliphatic rings. The molecule has 0 saturated carbocycles. The van der Waals surface area contributed by atoms with Gasteiger partial charge in [0.05, 0.1) is 0 Å². The number of anilines is 1. The van der Waals surface area contributed by atoms with Crippen LogP contribution in [0.1, 0.15) is 22.1 Å². The van der Waals surface area contributed by atoms with Crippen molar-refractivity contribution in [3.8, 4) is 11.1 Å². The summed E-state index contributed by atoms with van der Waals surface area (Å²) in [5.41, 5.74) is 7.88. The lowest BCUT2D eigenvalue weighted by molar-refractivity contribution is 1.13. The minimum absolute atomic E-state index is 0.303. The summed E-state index contributed by atoms with van der Waals surface area (Å²) >= 11 is 1.89. The van der Waals surface area contributed by atoms with Crippen LogP contribution in [0.4, 0.5) is 5.69 Å². The molecule has 0 radical (unpaired) electrons. The van der Waals surface area contributed by atoms with Gasteiger partial charge in [0.25, 0.3) is 0 Å². The first-order valence-electron chi connectivity index (χ1n) is 7.91. The van der Waals surface area contributed by atoms with E-state index in [4.69, 9.17) is 0 Å². The Balaban J connectivity index is 1.66. The maximum Gasteiger partial charge on any atom is 0.103 e. The molecule has 114 valence electrons. The van der Waals surface area contributed by atoms with Crippen LogP contribution in [0, 0.1) is 13.8 Å². The third kappa shape index (κ3) is 2.64. The first-order valence-corrected chi connectivity index (χ1v) is 8.79. The third-order valence-electron chi connectivity index (χ3n) is 4.41. The van der Waals surface area contributed by atoms with Gasteiger partial charge in [-0.05, 0) is 53.8 Å². The lowest BCUT2D eigenvalue weighted by Crippen LogP contribution is -2.01. The molecule has 1 heterocycles. The zero-order valence-corrected chi connectivity index (χ0v) is 14.2. The Morgan fingerprint density at radius 2 is 1.52 bits per heavy atom. The van der Waals surface area contributed by atoms with Gasteiger partial charge in [0.2, 0.25) is 0 Å². The van der Waals surface area contributed by atoms with Crippen molar-refractivity contribution in [2.75, 3.05) is 5.32 Å². The van der Waals surface area contributed by atoms with E-state index < -0.39 is 0 Å². The van der Waals surface area contributed by atoms with Crippen molar-refractivity contribution in [1.82, 2.24) is 0 Å². The fourth-order valence-corrected chi connectivity index (χ4v) is 4.30. The predicted molar refractivity (Wildman–Crippen MR) is 100 cm³/mol. The Morgan fingerprint density at radius 3 is 2.30 bits per heavy atom. The van der Waals surface area contributed by atoms with Gasteiger partial charge in [0.1, 0.15) is 5.37 Å². The molecule has 23 heavy (non-hydrogen) atoms. The predicted octanol–water partition coefficient (Wildman–Crippen LogP) is 6.19. The molecule has 0 spiro atoms. The maximum atomic E-state index is 3.61. The summed E-state index contributed by atoms with van der Waals surface area (Å²) in [5, 5.41) is 3.91. The molecule has 0 fully saturated rings. The zero-order valence-electron chi connectivity index (χ0n) is 13.3. The molecule has 1 nitrogen and oxygen atoms in total. The number of aryl methyl sites for hydroxylation is 2. The smallest absolute Gasteiger partial charge is 0.103 e. The molecular formula is C21H19NS. The Bertz CT molecular complexity index is 844. The standard InChI is InChI=1S/C21H19NS/c1-14-7-3-4-8-17(14)18-12-11-16(13-15(18)2)21-22-19-9-5-6-10-20(19)23-21/h3-13,21-22H,1-2H3. The topological polar surface area (TPSA) is 12.0 Å². The molecule has 1 atom stereocenters. The summed E-state index contributed by atoms with van der Waals surface area (Å²) in [4.78, 5) is 1.33. The molecule has 1 N–H and O–H groups in total. The Morgan fingerprint density at radius 1 is 0.783 bits per heavy atom. The van der Waals surface area contributed by atoms with E-state index in [1.807, 2.05) is 11.8 Å². The Hall–Kier alpha value is -2.19. The first-order chi connectivity index (χ1) is 11.2. The lowest BCUT2D eigenvalue weighted by Gasteiger charge is -2.15. The van der Waals surface area contributed by atoms with Crippen molar-refractivity contribution in [3.63, 3.8) is 0 Å². The van der Waals surface area contributed by atoms with Crippen LogP contribution in [-0.2, 0) is 0 Å². The number of nitrogens with one attached hydrogen (secondary N) is 1. The Labute approximate surface area is 141 Å². The van der Waals surface area contributed by atoms with E-state index in [2.05, 4.69) is 85.9 Å². The van der Waals surface area contributed by atoms with Crippen LogP contribution in [0.25, 0.3) is 11.1 Å². The van der Waals surface area contributed by atoms with Gasteiger partial charge in [-0.3, -0.25) is 0 Å². The van der Waals surface area contributed by atoms with Crippen molar-refractivity contribution in [1.29, 1.82) is 0 Å². The average Bonchev–Trinajstić information content (AvgIpc) is 3.00. The minimum atomic E-state index is 0.303. The monoisotopic (exact) mass is 317 g/mol. The molecule has 0 bridgehead atoms. The fourth-order valence-electron chi connectivity index (χ4n) is 3.16. The second-order valence-electron chi connectivity index (χ2n) is 6.03. The molecule has 0 aromatic heterocycles. The molecule has 0 aliphatic carbocycles. The summed E-state index contributed by atoms with van der Waals surface area (Å²) in [5.74, 6) is 0. The second-order valence-corrected chi connectivity index (χ2v) is 7.17. The SMILES string of the molecule is Cc1ccccc1-c1ccc(C2Nc3ccccc3S2)cc1C. The molecule has 4 rings (SSSR count). The molecule has 1 unspecified atom stereocenters. The van der Waals surface area contributed by atoms with Crippen LogP contribution in [0.5, 0.6) is 0 Å². The quantitative estimate of drug-likeness (QED) is 0.605. The van der Waals surface area contributed by atoms with Crippen molar-refractivity contribution in [2.24, 2.45) is 0 Å². The highest BCUT2D eigenvalue weighted by Gasteiger charge is 2.22. The summed E-state index contributed by atoms with van der Waals surface area (Å²) in [7, 11) is 0. The molecule has 1 aliphatic heterocycles. The molecule has 3 aromatic rings. The highest BCUT2D eigenvalue weighted by Crippen LogP contribution is 2.46. The highest BCUT2D eigenvalue weighted by molar-refractivity contribution is 8.00. The molecule has 2 heteroatoms. The zero-order chi connectivity index (χ0) is 15.8. The molecule has 0 saturated heterocycles. The highest BCUT2D eigenvalue weighted by atomic mass is 32.2. The third-order valence-corrected chi connectivity index (χ3v) is 5.64. The summed E-state index contributed by atoms with van der Waals surface area (Å²) in [6.45, 7) is 4.38. The van der Waals surface area contributed by atoms with Gasteiger partial charge >= 0.3 is 0 Å². The molecule has 0 amide bonds. The van der Waals surface area contributed by atoms with Gasteiger partial charge in [0.15, 0.2) is 0 Å². The van der Waals surface area contributed by atoms with Crippen LogP contribution < -0.4 is 5.32 Å².